The number of aromatic nitrogens is 1. The monoisotopic (exact) mass is 581 g/mol. The molecule has 1 aliphatic heterocycles. The van der Waals surface area contributed by atoms with Gasteiger partial charge in [0.1, 0.15) is 6.10 Å². The third kappa shape index (κ3) is 7.22. The molecular formula is C36H40ClN3O2. The molecule has 5 nitrogen and oxygen atoms in total. The molecule has 1 aromatic heterocycles. The fourth-order valence-corrected chi connectivity index (χ4v) is 6.15. The van der Waals surface area contributed by atoms with Crippen LogP contribution in [-0.4, -0.2) is 65.7 Å². The van der Waals surface area contributed by atoms with Gasteiger partial charge in [-0.2, -0.15) is 0 Å². The third-order valence-corrected chi connectivity index (χ3v) is 8.30. The zero-order valence-electron chi connectivity index (χ0n) is 24.1. The standard InChI is InChI=1S/C36H39N3O2.ClH/c40-36(30-15-5-2-6-16-30)41-31(27-29-13-3-1-4-14-29)28-38-25-23-37(24-26-38)21-11-12-22-39-34-19-9-7-17-32(34)33-18-8-10-20-35(33)39;/h1-10,13-20,31H,11-12,21-28H2;1H. The zero-order chi connectivity index (χ0) is 27.9. The van der Waals surface area contributed by atoms with Crippen LogP contribution in [0.5, 0.6) is 0 Å². The van der Waals surface area contributed by atoms with E-state index >= 15 is 0 Å². The molecule has 218 valence electrons. The van der Waals surface area contributed by atoms with Gasteiger partial charge >= 0.3 is 5.97 Å². The Morgan fingerprint density at radius 1 is 0.643 bits per heavy atom. The van der Waals surface area contributed by atoms with Gasteiger partial charge in [-0.05, 0) is 49.2 Å². The average Bonchev–Trinajstić information content (AvgIpc) is 3.34. The number of unbranched alkanes of at least 4 members (excludes halogenated alkanes) is 1. The average molecular weight is 582 g/mol. The summed E-state index contributed by atoms with van der Waals surface area (Å²) in [6.45, 7) is 7.04. The van der Waals surface area contributed by atoms with Crippen LogP contribution < -0.4 is 0 Å². The molecule has 0 saturated carbocycles. The molecule has 6 rings (SSSR count). The number of piperazine rings is 1. The van der Waals surface area contributed by atoms with Gasteiger partial charge in [0.15, 0.2) is 0 Å². The third-order valence-electron chi connectivity index (χ3n) is 8.30. The number of esters is 1. The Kier molecular flexibility index (Phi) is 10.3. The van der Waals surface area contributed by atoms with Gasteiger partial charge < -0.3 is 14.2 Å². The van der Waals surface area contributed by atoms with Gasteiger partial charge in [0.25, 0.3) is 0 Å². The lowest BCUT2D eigenvalue weighted by Gasteiger charge is -2.36. The van der Waals surface area contributed by atoms with E-state index in [1.807, 2.05) is 48.5 Å². The van der Waals surface area contributed by atoms with Crippen molar-refractivity contribution in [2.24, 2.45) is 0 Å². The molecule has 1 fully saturated rings. The number of fused-ring (bicyclic) bond motifs is 3. The van der Waals surface area contributed by atoms with Gasteiger partial charge in [-0.3, -0.25) is 4.90 Å². The lowest BCUT2D eigenvalue weighted by atomic mass is 10.1. The second-order valence-electron chi connectivity index (χ2n) is 11.1. The van der Waals surface area contributed by atoms with Gasteiger partial charge in [-0.25, -0.2) is 4.79 Å². The predicted octanol–water partition coefficient (Wildman–Crippen LogP) is 7.08. The molecule has 4 aromatic carbocycles. The van der Waals surface area contributed by atoms with Crippen LogP contribution in [0.1, 0.15) is 28.8 Å². The number of hydrogen-bond donors (Lipinski definition) is 0. The second-order valence-corrected chi connectivity index (χ2v) is 11.1. The van der Waals surface area contributed by atoms with Crippen molar-refractivity contribution in [3.05, 3.63) is 120 Å². The normalized spacial score (nSPS) is 15.0. The van der Waals surface area contributed by atoms with Crippen LogP contribution in [-0.2, 0) is 17.7 Å². The molecule has 0 bridgehead atoms. The molecule has 0 amide bonds. The molecule has 2 heterocycles. The number of rotatable bonds is 11. The first kappa shape index (κ1) is 29.8. The number of carbonyl (C=O) groups excluding carboxylic acids is 1. The summed E-state index contributed by atoms with van der Waals surface area (Å²) < 4.78 is 8.54. The van der Waals surface area contributed by atoms with Crippen LogP contribution in [0.4, 0.5) is 0 Å². The minimum Gasteiger partial charge on any atom is -0.457 e. The van der Waals surface area contributed by atoms with Crippen molar-refractivity contribution in [2.45, 2.75) is 31.9 Å². The minimum absolute atomic E-state index is 0. The first-order valence-corrected chi connectivity index (χ1v) is 15.0. The molecular weight excluding hydrogens is 542 g/mol. The number of benzene rings is 4. The first-order chi connectivity index (χ1) is 20.2. The van der Waals surface area contributed by atoms with Gasteiger partial charge in [-0.15, -0.1) is 12.4 Å². The first-order valence-electron chi connectivity index (χ1n) is 15.0. The number of halogens is 1. The lowest BCUT2D eigenvalue weighted by molar-refractivity contribution is 0.0144. The van der Waals surface area contributed by atoms with E-state index in [4.69, 9.17) is 4.74 Å². The summed E-state index contributed by atoms with van der Waals surface area (Å²) in [7, 11) is 0. The van der Waals surface area contributed by atoms with Gasteiger partial charge in [-0.1, -0.05) is 84.9 Å². The number of aryl methyl sites for hydroxylation is 1. The van der Waals surface area contributed by atoms with Crippen molar-refractivity contribution in [1.29, 1.82) is 0 Å². The molecule has 0 spiro atoms. The van der Waals surface area contributed by atoms with Crippen molar-refractivity contribution < 1.29 is 9.53 Å². The van der Waals surface area contributed by atoms with Gasteiger partial charge in [0.2, 0.25) is 0 Å². The Morgan fingerprint density at radius 2 is 1.17 bits per heavy atom. The number of nitrogens with zero attached hydrogens (tertiary/aromatic N) is 3. The number of para-hydroxylation sites is 2. The van der Waals surface area contributed by atoms with Crippen molar-refractivity contribution in [2.75, 3.05) is 39.3 Å². The molecule has 1 aliphatic rings. The SMILES string of the molecule is Cl.O=C(OC(Cc1ccccc1)CN1CCN(CCCCn2c3ccccc3c3ccccc32)CC1)c1ccccc1. The van der Waals surface area contributed by atoms with E-state index in [1.54, 1.807) is 0 Å². The van der Waals surface area contributed by atoms with Crippen molar-refractivity contribution in [1.82, 2.24) is 14.4 Å². The number of hydrogen-bond acceptors (Lipinski definition) is 4. The van der Waals surface area contributed by atoms with Crippen molar-refractivity contribution in [3.8, 4) is 0 Å². The van der Waals surface area contributed by atoms with Crippen molar-refractivity contribution >= 4 is 40.2 Å². The maximum Gasteiger partial charge on any atom is 0.338 e. The van der Waals surface area contributed by atoms with E-state index in [-0.39, 0.29) is 24.5 Å². The van der Waals surface area contributed by atoms with E-state index in [0.29, 0.717) is 5.56 Å². The fraction of sp³-hybridized carbons (Fsp3) is 0.306. The maximum atomic E-state index is 12.9. The quantitative estimate of drug-likeness (QED) is 0.123. The van der Waals surface area contributed by atoms with Crippen LogP contribution in [0.2, 0.25) is 0 Å². The highest BCUT2D eigenvalue weighted by Crippen LogP contribution is 2.29. The summed E-state index contributed by atoms with van der Waals surface area (Å²) >= 11 is 0. The van der Waals surface area contributed by atoms with E-state index in [9.17, 15) is 4.79 Å². The van der Waals surface area contributed by atoms with Crippen LogP contribution >= 0.6 is 12.4 Å². The molecule has 1 saturated heterocycles. The Hall–Kier alpha value is -3.64. The zero-order valence-corrected chi connectivity index (χ0v) is 24.9. The summed E-state index contributed by atoms with van der Waals surface area (Å²) in [5.74, 6) is -0.242. The lowest BCUT2D eigenvalue weighted by Crippen LogP contribution is -2.49. The Labute approximate surface area is 255 Å². The van der Waals surface area contributed by atoms with Crippen LogP contribution in [0.3, 0.4) is 0 Å². The molecule has 0 N–H and O–H groups in total. The largest absolute Gasteiger partial charge is 0.457 e. The van der Waals surface area contributed by atoms with Gasteiger partial charge in [0.05, 0.1) is 5.56 Å². The molecule has 6 heteroatoms. The molecule has 0 radical (unpaired) electrons. The van der Waals surface area contributed by atoms with Crippen molar-refractivity contribution in [3.63, 3.8) is 0 Å². The van der Waals surface area contributed by atoms with Crippen LogP contribution in [0.25, 0.3) is 21.8 Å². The maximum absolute atomic E-state index is 12.9. The summed E-state index contributed by atoms with van der Waals surface area (Å²) in [6.07, 6.45) is 2.90. The topological polar surface area (TPSA) is 37.7 Å². The minimum atomic E-state index is -0.242. The molecule has 42 heavy (non-hydrogen) atoms. The van der Waals surface area contributed by atoms with Crippen LogP contribution in [0.15, 0.2) is 109 Å². The number of ether oxygens (including phenoxy) is 1. The Morgan fingerprint density at radius 3 is 1.81 bits per heavy atom. The molecule has 1 unspecified atom stereocenters. The summed E-state index contributed by atoms with van der Waals surface area (Å²) in [5, 5.41) is 2.69. The molecule has 5 aromatic rings. The number of carbonyl (C=O) groups is 1. The van der Waals surface area contributed by atoms with Crippen LogP contribution in [0, 0.1) is 0 Å². The predicted molar refractivity (Wildman–Crippen MR) is 175 cm³/mol. The van der Waals surface area contributed by atoms with E-state index in [0.717, 1.165) is 58.7 Å². The summed E-state index contributed by atoms with van der Waals surface area (Å²) in [6, 6.07) is 37.2. The molecule has 1 atom stereocenters. The second kappa shape index (κ2) is 14.5. The smallest absolute Gasteiger partial charge is 0.338 e. The van der Waals surface area contributed by atoms with E-state index in [1.165, 1.54) is 33.8 Å². The molecule has 0 aliphatic carbocycles. The Bertz CT molecular complexity index is 1510. The summed E-state index contributed by atoms with van der Waals surface area (Å²) in [4.78, 5) is 17.9. The Balaban J connectivity index is 0.00000353. The summed E-state index contributed by atoms with van der Waals surface area (Å²) in [5.41, 5.74) is 4.47. The van der Waals surface area contributed by atoms with E-state index in [2.05, 4.69) is 75.0 Å². The highest BCUT2D eigenvalue weighted by molar-refractivity contribution is 6.07. The van der Waals surface area contributed by atoms with Gasteiger partial charge in [0, 0.05) is 67.5 Å². The fourth-order valence-electron chi connectivity index (χ4n) is 6.15. The van der Waals surface area contributed by atoms with E-state index < -0.39 is 0 Å². The highest BCUT2D eigenvalue weighted by Gasteiger charge is 2.23. The highest BCUT2D eigenvalue weighted by atomic mass is 35.5.